The number of likely N-dealkylation sites (tertiary alicyclic amines) is 1. The predicted octanol–water partition coefficient (Wildman–Crippen LogP) is 2.84. The lowest BCUT2D eigenvalue weighted by Crippen LogP contribution is -2.46. The summed E-state index contributed by atoms with van der Waals surface area (Å²) >= 11 is 0. The number of ether oxygens (including phenoxy) is 2. The van der Waals surface area contributed by atoms with Gasteiger partial charge < -0.3 is 24.6 Å². The number of fused-ring (bicyclic) bond motifs is 1. The van der Waals surface area contributed by atoms with Crippen LogP contribution in [0.15, 0.2) is 30.3 Å². The van der Waals surface area contributed by atoms with Crippen molar-refractivity contribution in [1.29, 1.82) is 0 Å². The molecule has 7 rings (SSSR count). The van der Waals surface area contributed by atoms with Gasteiger partial charge in [-0.3, -0.25) is 9.69 Å². The van der Waals surface area contributed by atoms with Gasteiger partial charge in [-0.25, -0.2) is 21.9 Å². The first-order valence-electron chi connectivity index (χ1n) is 15.4. The van der Waals surface area contributed by atoms with Crippen molar-refractivity contribution in [2.45, 2.75) is 81.0 Å². The van der Waals surface area contributed by atoms with E-state index in [1.165, 1.54) is 4.90 Å². The van der Waals surface area contributed by atoms with Crippen LogP contribution in [0, 0.1) is 0 Å². The number of carbonyl (C=O) groups is 1. The van der Waals surface area contributed by atoms with Crippen LogP contribution >= 0.6 is 0 Å². The Labute approximate surface area is 255 Å². The van der Waals surface area contributed by atoms with Crippen molar-refractivity contribution in [3.8, 4) is 5.88 Å². The number of hydrogen-bond acceptors (Lipinski definition) is 10. The summed E-state index contributed by atoms with van der Waals surface area (Å²) in [4.78, 5) is 27.8. The zero-order valence-electron chi connectivity index (χ0n) is 24.3. The number of aromatic nitrogens is 2. The van der Waals surface area contributed by atoms with Crippen LogP contribution in [0.5, 0.6) is 5.88 Å². The average Bonchev–Trinajstić information content (AvgIpc) is 3.74. The Morgan fingerprint density at radius 1 is 1.00 bits per heavy atom. The van der Waals surface area contributed by atoms with Crippen LogP contribution in [0.4, 0.5) is 31.9 Å². The number of amides is 1. The Bertz CT molecular complexity index is 1480. The second-order valence-corrected chi connectivity index (χ2v) is 14.1. The van der Waals surface area contributed by atoms with Crippen LogP contribution in [0.3, 0.4) is 0 Å². The highest BCUT2D eigenvalue weighted by atomic mass is 32.2. The molecule has 1 unspecified atom stereocenters. The summed E-state index contributed by atoms with van der Waals surface area (Å²) in [5.41, 5.74) is 1.20. The molecule has 0 spiro atoms. The van der Waals surface area contributed by atoms with Crippen molar-refractivity contribution >= 4 is 39.1 Å². The van der Waals surface area contributed by atoms with Crippen molar-refractivity contribution in [3.05, 3.63) is 30.3 Å². The molecular weight excluding hydrogens is 596 g/mol. The molecule has 2 atom stereocenters. The number of nitrogens with one attached hydrogen (secondary N) is 2. The van der Waals surface area contributed by atoms with Crippen molar-refractivity contribution < 1.29 is 31.5 Å². The average molecular weight is 634 g/mol. The number of para-hydroxylation sites is 2. The van der Waals surface area contributed by atoms with Crippen LogP contribution in [0.2, 0.25) is 0 Å². The molecule has 2 aliphatic carbocycles. The predicted molar refractivity (Wildman–Crippen MR) is 159 cm³/mol. The van der Waals surface area contributed by atoms with E-state index < -0.39 is 28.7 Å². The summed E-state index contributed by atoms with van der Waals surface area (Å²) in [6, 6.07) is 8.10. The molecule has 15 heteroatoms. The summed E-state index contributed by atoms with van der Waals surface area (Å²) in [6.07, 6.45) is 0.403. The van der Waals surface area contributed by atoms with Crippen LogP contribution in [-0.2, 0) is 19.6 Å². The van der Waals surface area contributed by atoms with E-state index in [0.29, 0.717) is 107 Å². The minimum absolute atomic E-state index is 0.0154. The Kier molecular flexibility index (Phi) is 7.95. The van der Waals surface area contributed by atoms with E-state index in [1.54, 1.807) is 30.3 Å². The largest absolute Gasteiger partial charge is 0.474 e. The Hall–Kier alpha value is -3.30. The molecule has 0 radical (unpaired) electrons. The Balaban J connectivity index is 1.06. The summed E-state index contributed by atoms with van der Waals surface area (Å²) < 4.78 is 67.7. The molecular formula is C29H37F2N7O5S. The van der Waals surface area contributed by atoms with Gasteiger partial charge >= 0.3 is 0 Å². The smallest absolute Gasteiger partial charge is 0.277 e. The monoisotopic (exact) mass is 633 g/mol. The van der Waals surface area contributed by atoms with Crippen molar-refractivity contribution in [3.63, 3.8) is 0 Å². The number of morpholine rings is 1. The topological polar surface area (TPSA) is 129 Å². The van der Waals surface area contributed by atoms with Crippen LogP contribution in [0.25, 0.3) is 0 Å². The van der Waals surface area contributed by atoms with Crippen molar-refractivity contribution in [2.24, 2.45) is 0 Å². The van der Waals surface area contributed by atoms with Gasteiger partial charge in [-0.05, 0) is 57.1 Å². The maximum atomic E-state index is 14.2. The lowest BCUT2D eigenvalue weighted by molar-refractivity contribution is -0.131. The Morgan fingerprint density at radius 2 is 1.75 bits per heavy atom. The van der Waals surface area contributed by atoms with Gasteiger partial charge in [-0.15, -0.1) is 0 Å². The normalized spacial score (nSPS) is 27.5. The van der Waals surface area contributed by atoms with Gasteiger partial charge in [0.15, 0.2) is 6.17 Å². The second kappa shape index (κ2) is 11.9. The minimum atomic E-state index is -3.44. The molecule has 2 saturated heterocycles. The quantitative estimate of drug-likeness (QED) is 0.426. The first-order valence-corrected chi connectivity index (χ1v) is 16.9. The van der Waals surface area contributed by atoms with E-state index in [4.69, 9.17) is 19.4 Å². The van der Waals surface area contributed by atoms with Gasteiger partial charge in [0, 0.05) is 31.7 Å². The molecule has 1 aromatic carbocycles. The van der Waals surface area contributed by atoms with Crippen LogP contribution in [-0.4, -0.2) is 98.1 Å². The Morgan fingerprint density at radius 3 is 2.48 bits per heavy atom. The lowest BCUT2D eigenvalue weighted by atomic mass is 9.92. The van der Waals surface area contributed by atoms with Gasteiger partial charge in [0.05, 0.1) is 29.8 Å². The van der Waals surface area contributed by atoms with E-state index >= 15 is 0 Å². The number of anilines is 4. The third kappa shape index (κ3) is 5.88. The second-order valence-electron chi connectivity index (χ2n) is 12.1. The molecule has 12 nitrogen and oxygen atoms in total. The van der Waals surface area contributed by atoms with E-state index in [2.05, 4.69) is 10.0 Å². The first-order chi connectivity index (χ1) is 21.3. The maximum absolute atomic E-state index is 14.2. The molecule has 1 amide bonds. The first kappa shape index (κ1) is 29.4. The number of nitrogens with zero attached hydrogens (tertiary/aromatic N) is 5. The molecule has 2 saturated carbocycles. The molecule has 0 bridgehead atoms. The lowest BCUT2D eigenvalue weighted by Gasteiger charge is -2.35. The van der Waals surface area contributed by atoms with Gasteiger partial charge in [-0.2, -0.15) is 9.97 Å². The summed E-state index contributed by atoms with van der Waals surface area (Å²) in [5.74, 6) is 0.871. The molecule has 2 aromatic rings. The number of benzene rings is 1. The van der Waals surface area contributed by atoms with E-state index in [1.807, 2.05) is 9.80 Å². The highest BCUT2D eigenvalue weighted by molar-refractivity contribution is 7.90. The molecule has 2 N–H and O–H groups in total. The number of sulfonamides is 1. The van der Waals surface area contributed by atoms with E-state index in [-0.39, 0.29) is 23.3 Å². The third-order valence-corrected chi connectivity index (χ3v) is 11.0. The van der Waals surface area contributed by atoms with Gasteiger partial charge in [0.25, 0.3) is 6.43 Å². The van der Waals surface area contributed by atoms with Gasteiger partial charge in [-0.1, -0.05) is 12.1 Å². The summed E-state index contributed by atoms with van der Waals surface area (Å²) in [7, 11) is -3.44. The SMILES string of the molecule is O=C1[C@@H](NS(=O)(=O)C2CC2)CCN1C1CCC(Oc2cc(N3c4ccccc4NC3C(F)F)nc(N3CCOCC3)n2)CC1. The van der Waals surface area contributed by atoms with Crippen LogP contribution < -0.4 is 24.6 Å². The number of hydrogen-bond donors (Lipinski definition) is 2. The number of halogens is 2. The third-order valence-electron chi connectivity index (χ3n) is 9.08. The molecule has 5 aliphatic rings. The molecule has 1 aromatic heterocycles. The maximum Gasteiger partial charge on any atom is 0.277 e. The van der Waals surface area contributed by atoms with Gasteiger partial charge in [0.1, 0.15) is 18.0 Å². The molecule has 44 heavy (non-hydrogen) atoms. The number of carbonyl (C=O) groups excluding carboxylic acids is 1. The zero-order chi connectivity index (χ0) is 30.4. The fourth-order valence-corrected chi connectivity index (χ4v) is 8.17. The number of alkyl halides is 2. The molecule has 4 fully saturated rings. The summed E-state index contributed by atoms with van der Waals surface area (Å²) in [5, 5.41) is 2.55. The fourth-order valence-electron chi connectivity index (χ4n) is 6.60. The van der Waals surface area contributed by atoms with Crippen molar-refractivity contribution in [1.82, 2.24) is 19.6 Å². The fraction of sp³-hybridized carbons (Fsp3) is 0.621. The summed E-state index contributed by atoms with van der Waals surface area (Å²) in [6.45, 7) is 2.70. The van der Waals surface area contributed by atoms with Crippen molar-refractivity contribution in [2.75, 3.05) is 48.0 Å². The molecule has 238 valence electrons. The molecule has 3 aliphatic heterocycles. The van der Waals surface area contributed by atoms with E-state index in [0.717, 1.165) is 0 Å². The zero-order valence-corrected chi connectivity index (χ0v) is 25.1. The number of rotatable bonds is 9. The van der Waals surface area contributed by atoms with Gasteiger partial charge in [0.2, 0.25) is 27.8 Å². The highest BCUT2D eigenvalue weighted by Gasteiger charge is 2.43. The highest BCUT2D eigenvalue weighted by Crippen LogP contribution is 2.42. The molecule has 4 heterocycles. The van der Waals surface area contributed by atoms with Crippen LogP contribution in [0.1, 0.15) is 44.9 Å². The minimum Gasteiger partial charge on any atom is -0.474 e. The van der Waals surface area contributed by atoms with E-state index in [9.17, 15) is 22.0 Å². The standard InChI is InChI=1S/C29H37F2N7O5S/c30-26(31)27-32-21-3-1-2-4-23(21)38(27)24-17-25(34-29(33-24)36-13-15-42-16-14-36)43-19-7-5-18(6-8-19)37-12-11-22(28(37)39)35-44(40,41)20-9-10-20/h1-4,17-20,22,26-27,32,35H,5-16H2/t18?,19?,22-,27?/m0/s1.